The summed E-state index contributed by atoms with van der Waals surface area (Å²) in [5.41, 5.74) is 0.602. The SMILES string of the molecule is COc1cc(O)c(C=O)c(OCC(=O)Nc2cc([C@H]3CCC(OC(=O)N[C@@H](C)C(F)F)C3)[nH]n2)c1. The normalized spacial score (nSPS) is 18.1. The maximum Gasteiger partial charge on any atom is 0.407 e. The lowest BCUT2D eigenvalue weighted by molar-refractivity contribution is -0.118. The van der Waals surface area contributed by atoms with Gasteiger partial charge < -0.3 is 30.0 Å². The van der Waals surface area contributed by atoms with Gasteiger partial charge in [-0.25, -0.2) is 13.6 Å². The van der Waals surface area contributed by atoms with E-state index in [1.165, 1.54) is 26.2 Å². The summed E-state index contributed by atoms with van der Waals surface area (Å²) >= 11 is 0. The number of hydrogen-bond acceptors (Lipinski definition) is 8. The molecule has 0 spiro atoms. The Morgan fingerprint density at radius 2 is 2.09 bits per heavy atom. The van der Waals surface area contributed by atoms with Crippen molar-refractivity contribution in [2.24, 2.45) is 0 Å². The Morgan fingerprint density at radius 3 is 2.77 bits per heavy atom. The molecule has 1 saturated carbocycles. The molecule has 1 aliphatic carbocycles. The quantitative estimate of drug-likeness (QED) is 0.367. The summed E-state index contributed by atoms with van der Waals surface area (Å²) in [5.74, 6) is -0.444. The highest BCUT2D eigenvalue weighted by molar-refractivity contribution is 5.91. The van der Waals surface area contributed by atoms with E-state index in [1.54, 1.807) is 6.07 Å². The van der Waals surface area contributed by atoms with Crippen LogP contribution in [0.15, 0.2) is 18.2 Å². The Balaban J connectivity index is 1.50. The summed E-state index contributed by atoms with van der Waals surface area (Å²) in [6.07, 6.45) is -1.88. The molecule has 1 aliphatic rings. The van der Waals surface area contributed by atoms with Gasteiger partial charge in [-0.15, -0.1) is 0 Å². The number of nitrogens with one attached hydrogen (secondary N) is 3. The number of ether oxygens (including phenoxy) is 3. The van der Waals surface area contributed by atoms with Crippen molar-refractivity contribution in [3.63, 3.8) is 0 Å². The molecule has 2 aromatic rings. The van der Waals surface area contributed by atoms with E-state index >= 15 is 0 Å². The van der Waals surface area contributed by atoms with Gasteiger partial charge in [0.05, 0.1) is 18.7 Å². The molecule has 1 heterocycles. The van der Waals surface area contributed by atoms with Crippen LogP contribution in [-0.2, 0) is 9.53 Å². The molecule has 1 fully saturated rings. The molecule has 3 rings (SSSR count). The van der Waals surface area contributed by atoms with E-state index in [2.05, 4.69) is 20.8 Å². The number of alkyl halides is 2. The van der Waals surface area contributed by atoms with Crippen LogP contribution in [0.3, 0.4) is 0 Å². The number of aromatic nitrogens is 2. The van der Waals surface area contributed by atoms with Gasteiger partial charge in [-0.2, -0.15) is 5.10 Å². The van der Waals surface area contributed by atoms with E-state index in [0.29, 0.717) is 25.5 Å². The highest BCUT2D eigenvalue weighted by atomic mass is 19.3. The Labute approximate surface area is 199 Å². The molecular formula is C22H26F2N4O7. The van der Waals surface area contributed by atoms with Crippen LogP contribution >= 0.6 is 0 Å². The first kappa shape index (κ1) is 25.7. The third kappa shape index (κ3) is 6.80. The third-order valence-corrected chi connectivity index (χ3v) is 5.49. The van der Waals surface area contributed by atoms with E-state index in [1.807, 2.05) is 0 Å². The van der Waals surface area contributed by atoms with E-state index in [0.717, 1.165) is 5.69 Å². The van der Waals surface area contributed by atoms with Gasteiger partial charge >= 0.3 is 6.09 Å². The van der Waals surface area contributed by atoms with Gasteiger partial charge in [0, 0.05) is 29.8 Å². The van der Waals surface area contributed by atoms with Crippen molar-refractivity contribution >= 4 is 24.1 Å². The zero-order valence-corrected chi connectivity index (χ0v) is 19.0. The maximum absolute atomic E-state index is 12.5. The number of rotatable bonds is 10. The van der Waals surface area contributed by atoms with Gasteiger partial charge in [0.2, 0.25) is 0 Å². The van der Waals surface area contributed by atoms with Crippen LogP contribution in [0, 0.1) is 0 Å². The molecule has 0 bridgehead atoms. The molecule has 35 heavy (non-hydrogen) atoms. The second-order valence-corrected chi connectivity index (χ2v) is 8.03. The predicted octanol–water partition coefficient (Wildman–Crippen LogP) is 2.97. The van der Waals surface area contributed by atoms with Crippen LogP contribution in [-0.4, -0.2) is 65.9 Å². The number of halogens is 2. The Hall–Kier alpha value is -3.90. The first-order valence-corrected chi connectivity index (χ1v) is 10.8. The molecule has 4 N–H and O–H groups in total. The highest BCUT2D eigenvalue weighted by Gasteiger charge is 2.31. The van der Waals surface area contributed by atoms with Crippen molar-refractivity contribution in [2.75, 3.05) is 19.0 Å². The summed E-state index contributed by atoms with van der Waals surface area (Å²) in [7, 11) is 1.38. The summed E-state index contributed by atoms with van der Waals surface area (Å²) in [4.78, 5) is 35.2. The number of amides is 2. The van der Waals surface area contributed by atoms with Crippen LogP contribution < -0.4 is 20.1 Å². The van der Waals surface area contributed by atoms with Crippen molar-refractivity contribution < 1.29 is 42.5 Å². The molecule has 13 heteroatoms. The van der Waals surface area contributed by atoms with Crippen LogP contribution in [0.25, 0.3) is 0 Å². The number of carbonyl (C=O) groups is 3. The van der Waals surface area contributed by atoms with Gasteiger partial charge in [0.25, 0.3) is 12.3 Å². The van der Waals surface area contributed by atoms with Crippen molar-refractivity contribution in [1.82, 2.24) is 15.5 Å². The molecule has 1 aromatic carbocycles. The predicted molar refractivity (Wildman–Crippen MR) is 118 cm³/mol. The van der Waals surface area contributed by atoms with Crippen LogP contribution in [0.1, 0.15) is 48.2 Å². The topological polar surface area (TPSA) is 152 Å². The molecule has 1 unspecified atom stereocenters. The van der Waals surface area contributed by atoms with Crippen molar-refractivity contribution in [3.8, 4) is 17.2 Å². The first-order valence-electron chi connectivity index (χ1n) is 10.8. The number of benzene rings is 1. The zero-order valence-electron chi connectivity index (χ0n) is 19.0. The summed E-state index contributed by atoms with van der Waals surface area (Å²) < 4.78 is 40.7. The van der Waals surface area contributed by atoms with Gasteiger partial charge in [0.15, 0.2) is 18.7 Å². The van der Waals surface area contributed by atoms with Crippen molar-refractivity contribution in [2.45, 2.75) is 50.7 Å². The minimum absolute atomic E-state index is 0.0151. The fourth-order valence-corrected chi connectivity index (χ4v) is 3.64. The molecule has 0 radical (unpaired) electrons. The Morgan fingerprint density at radius 1 is 1.31 bits per heavy atom. The summed E-state index contributed by atoms with van der Waals surface area (Å²) in [6, 6.07) is 2.95. The molecule has 1 aromatic heterocycles. The molecule has 190 valence electrons. The number of carbonyl (C=O) groups excluding carboxylic acids is 3. The fourth-order valence-electron chi connectivity index (χ4n) is 3.64. The number of anilines is 1. The maximum atomic E-state index is 12.5. The minimum atomic E-state index is -2.68. The number of H-pyrrole nitrogens is 1. The highest BCUT2D eigenvalue weighted by Crippen LogP contribution is 2.36. The van der Waals surface area contributed by atoms with Gasteiger partial charge in [-0.1, -0.05) is 0 Å². The van der Waals surface area contributed by atoms with Crippen molar-refractivity contribution in [1.29, 1.82) is 0 Å². The lowest BCUT2D eigenvalue weighted by atomic mass is 10.0. The average molecular weight is 496 g/mol. The number of aromatic amines is 1. The number of aldehydes is 1. The minimum Gasteiger partial charge on any atom is -0.507 e. The van der Waals surface area contributed by atoms with Crippen molar-refractivity contribution in [3.05, 3.63) is 29.5 Å². The second-order valence-electron chi connectivity index (χ2n) is 8.03. The zero-order chi connectivity index (χ0) is 25.5. The van der Waals surface area contributed by atoms with Gasteiger partial charge in [-0.05, 0) is 26.2 Å². The van der Waals surface area contributed by atoms with Gasteiger partial charge in [-0.3, -0.25) is 14.7 Å². The number of alkyl carbamates (subject to hydrolysis) is 1. The van der Waals surface area contributed by atoms with Crippen LogP contribution in [0.5, 0.6) is 17.2 Å². The summed E-state index contributed by atoms with van der Waals surface area (Å²) in [5, 5.41) is 21.4. The second kappa shape index (κ2) is 11.5. The number of phenolic OH excluding ortho intramolecular Hbond substituents is 1. The number of hydrogen-bond donors (Lipinski definition) is 4. The Bertz CT molecular complexity index is 1060. The lowest BCUT2D eigenvalue weighted by Crippen LogP contribution is -2.39. The number of aromatic hydroxyl groups is 1. The molecule has 3 atom stereocenters. The van der Waals surface area contributed by atoms with Crippen LogP contribution in [0.4, 0.5) is 19.4 Å². The average Bonchev–Trinajstić information content (AvgIpc) is 3.46. The van der Waals surface area contributed by atoms with E-state index in [9.17, 15) is 28.3 Å². The number of nitrogens with zero attached hydrogens (tertiary/aromatic N) is 1. The standard InChI is InChI=1S/C22H26F2N4O7/c1-11(21(23)24)25-22(32)35-13-4-3-12(5-13)16-8-19(28-27-16)26-20(31)10-34-18-7-14(33-2)6-17(30)15(18)9-29/h6-9,11-13,21,30H,3-5,10H2,1-2H3,(H,25,32)(H2,26,27,28,31)/t11-,12-,13?/m0/s1. The third-order valence-electron chi connectivity index (χ3n) is 5.49. The van der Waals surface area contributed by atoms with Crippen LogP contribution in [0.2, 0.25) is 0 Å². The molecule has 0 aliphatic heterocycles. The van der Waals surface area contributed by atoms with E-state index in [-0.39, 0.29) is 34.5 Å². The van der Waals surface area contributed by atoms with E-state index < -0.39 is 37.2 Å². The smallest absolute Gasteiger partial charge is 0.407 e. The summed E-state index contributed by atoms with van der Waals surface area (Å²) in [6.45, 7) is 0.734. The fraction of sp³-hybridized carbons (Fsp3) is 0.455. The molecular weight excluding hydrogens is 470 g/mol. The Kier molecular flexibility index (Phi) is 8.44. The number of phenols is 1. The monoisotopic (exact) mass is 496 g/mol. The van der Waals surface area contributed by atoms with E-state index in [4.69, 9.17) is 14.2 Å². The van der Waals surface area contributed by atoms with Gasteiger partial charge in [0.1, 0.15) is 23.4 Å². The lowest BCUT2D eigenvalue weighted by Gasteiger charge is -2.16. The first-order chi connectivity index (χ1) is 16.7. The molecule has 2 amide bonds. The molecule has 0 saturated heterocycles. The largest absolute Gasteiger partial charge is 0.507 e. The number of methoxy groups -OCH3 is 1. The molecule has 11 nitrogen and oxygen atoms in total.